The zero-order chi connectivity index (χ0) is 12.4. The lowest BCUT2D eigenvalue weighted by molar-refractivity contribution is -0.142. The number of thiophene rings is 1. The van der Waals surface area contributed by atoms with Crippen molar-refractivity contribution < 1.29 is 14.7 Å². The highest BCUT2D eigenvalue weighted by atomic mass is 32.1. The highest BCUT2D eigenvalue weighted by Gasteiger charge is 2.33. The molecule has 17 heavy (non-hydrogen) atoms. The molecule has 0 unspecified atom stereocenters. The average molecular weight is 254 g/mol. The van der Waals surface area contributed by atoms with Crippen LogP contribution in [0.25, 0.3) is 0 Å². The van der Waals surface area contributed by atoms with Crippen molar-refractivity contribution in [2.75, 3.05) is 19.6 Å². The van der Waals surface area contributed by atoms with Crippen molar-refractivity contribution in [3.8, 4) is 0 Å². The van der Waals surface area contributed by atoms with Crippen LogP contribution in [-0.4, -0.2) is 47.6 Å². The average Bonchev–Trinajstić information content (AvgIpc) is 2.74. The van der Waals surface area contributed by atoms with Gasteiger partial charge in [0.05, 0.1) is 4.88 Å². The van der Waals surface area contributed by atoms with Crippen LogP contribution in [0.1, 0.15) is 15.2 Å². The van der Waals surface area contributed by atoms with E-state index in [1.54, 1.807) is 0 Å². The summed E-state index contributed by atoms with van der Waals surface area (Å²) >= 11 is 1.36. The number of hydrogen-bond donors (Lipinski definition) is 2. The topological polar surface area (TPSA) is 69.6 Å². The Balaban J connectivity index is 2.23. The van der Waals surface area contributed by atoms with E-state index in [1.165, 1.54) is 16.2 Å². The van der Waals surface area contributed by atoms with E-state index < -0.39 is 12.0 Å². The van der Waals surface area contributed by atoms with Gasteiger partial charge < -0.3 is 15.3 Å². The van der Waals surface area contributed by atoms with Gasteiger partial charge in [0.25, 0.3) is 5.91 Å². The van der Waals surface area contributed by atoms with Gasteiger partial charge in [0.15, 0.2) is 0 Å². The number of carboxylic acids is 1. The van der Waals surface area contributed by atoms with Crippen molar-refractivity contribution in [1.82, 2.24) is 10.2 Å². The molecule has 1 aliphatic heterocycles. The van der Waals surface area contributed by atoms with Crippen LogP contribution in [0.2, 0.25) is 0 Å². The molecular weight excluding hydrogens is 240 g/mol. The number of carbonyl (C=O) groups excluding carboxylic acids is 1. The van der Waals surface area contributed by atoms with Gasteiger partial charge in [-0.25, -0.2) is 4.79 Å². The number of rotatable bonds is 2. The van der Waals surface area contributed by atoms with E-state index in [-0.39, 0.29) is 5.91 Å². The molecule has 6 heteroatoms. The zero-order valence-corrected chi connectivity index (χ0v) is 10.3. The summed E-state index contributed by atoms with van der Waals surface area (Å²) in [6.07, 6.45) is 0. The minimum Gasteiger partial charge on any atom is -0.480 e. The summed E-state index contributed by atoms with van der Waals surface area (Å²) in [6, 6.07) is 1.10. The molecule has 1 aromatic heterocycles. The maximum absolute atomic E-state index is 12.2. The number of carboxylic acid groups (broad SMARTS) is 1. The first-order valence-corrected chi connectivity index (χ1v) is 6.28. The van der Waals surface area contributed by atoms with Gasteiger partial charge in [0.1, 0.15) is 6.04 Å². The molecule has 1 saturated heterocycles. The van der Waals surface area contributed by atoms with Gasteiger partial charge >= 0.3 is 5.97 Å². The highest BCUT2D eigenvalue weighted by molar-refractivity contribution is 7.12. The van der Waals surface area contributed by atoms with E-state index in [2.05, 4.69) is 5.32 Å². The van der Waals surface area contributed by atoms with Crippen LogP contribution in [0.15, 0.2) is 11.4 Å². The second-order valence-corrected chi connectivity index (χ2v) is 4.91. The Hall–Kier alpha value is -1.40. The van der Waals surface area contributed by atoms with Gasteiger partial charge in [0, 0.05) is 19.6 Å². The number of piperazine rings is 1. The molecular formula is C11H14N2O3S. The van der Waals surface area contributed by atoms with Crippen molar-refractivity contribution in [2.45, 2.75) is 13.0 Å². The Morgan fingerprint density at radius 2 is 2.35 bits per heavy atom. The minimum absolute atomic E-state index is 0.175. The molecule has 1 aromatic rings. The predicted molar refractivity (Wildman–Crippen MR) is 64.4 cm³/mol. The highest BCUT2D eigenvalue weighted by Crippen LogP contribution is 2.19. The Kier molecular flexibility index (Phi) is 3.44. The maximum Gasteiger partial charge on any atom is 0.327 e. The second-order valence-electron chi connectivity index (χ2n) is 3.99. The van der Waals surface area contributed by atoms with Gasteiger partial charge in [-0.1, -0.05) is 0 Å². The third kappa shape index (κ3) is 2.32. The molecule has 1 aliphatic rings. The summed E-state index contributed by atoms with van der Waals surface area (Å²) in [5.74, 6) is -1.13. The van der Waals surface area contributed by atoms with Crippen molar-refractivity contribution in [2.24, 2.45) is 0 Å². The van der Waals surface area contributed by atoms with E-state index in [9.17, 15) is 9.59 Å². The number of amides is 1. The van der Waals surface area contributed by atoms with E-state index in [0.29, 0.717) is 24.5 Å². The van der Waals surface area contributed by atoms with Crippen molar-refractivity contribution in [1.29, 1.82) is 0 Å². The number of carbonyl (C=O) groups is 2. The lowest BCUT2D eigenvalue weighted by atomic mass is 10.1. The minimum atomic E-state index is -0.959. The van der Waals surface area contributed by atoms with Gasteiger partial charge in [-0.2, -0.15) is 0 Å². The molecule has 92 valence electrons. The van der Waals surface area contributed by atoms with E-state index >= 15 is 0 Å². The largest absolute Gasteiger partial charge is 0.480 e. The molecule has 1 fully saturated rings. The van der Waals surface area contributed by atoms with Crippen LogP contribution in [0.3, 0.4) is 0 Å². The summed E-state index contributed by atoms with van der Waals surface area (Å²) in [7, 11) is 0. The molecule has 2 rings (SSSR count). The quantitative estimate of drug-likeness (QED) is 0.809. The SMILES string of the molecule is Cc1ccsc1C(=O)N1CCNC[C@@H]1C(=O)O. The zero-order valence-electron chi connectivity index (χ0n) is 9.47. The molecule has 0 radical (unpaired) electrons. The van der Waals surface area contributed by atoms with Crippen molar-refractivity contribution in [3.63, 3.8) is 0 Å². The number of aliphatic carboxylic acids is 1. The summed E-state index contributed by atoms with van der Waals surface area (Å²) in [6.45, 7) is 3.25. The van der Waals surface area contributed by atoms with Crippen LogP contribution in [0.4, 0.5) is 0 Å². The smallest absolute Gasteiger partial charge is 0.327 e. The van der Waals surface area contributed by atoms with Crippen LogP contribution < -0.4 is 5.32 Å². The van der Waals surface area contributed by atoms with Crippen LogP contribution in [-0.2, 0) is 4.79 Å². The van der Waals surface area contributed by atoms with E-state index in [4.69, 9.17) is 5.11 Å². The molecule has 0 spiro atoms. The van der Waals surface area contributed by atoms with Crippen LogP contribution >= 0.6 is 11.3 Å². The number of aryl methyl sites for hydroxylation is 1. The van der Waals surface area contributed by atoms with Crippen molar-refractivity contribution in [3.05, 3.63) is 21.9 Å². The molecule has 0 aliphatic carbocycles. The fourth-order valence-corrected chi connectivity index (χ4v) is 2.77. The molecule has 0 saturated carbocycles. The fraction of sp³-hybridized carbons (Fsp3) is 0.455. The van der Waals surface area contributed by atoms with Crippen LogP contribution in [0, 0.1) is 6.92 Å². The lowest BCUT2D eigenvalue weighted by Gasteiger charge is -2.33. The molecule has 1 atom stereocenters. The number of nitrogens with one attached hydrogen (secondary N) is 1. The summed E-state index contributed by atoms with van der Waals surface area (Å²) in [5.41, 5.74) is 0.905. The Morgan fingerprint density at radius 3 is 2.94 bits per heavy atom. The Labute approximate surface area is 103 Å². The number of nitrogens with zero attached hydrogens (tertiary/aromatic N) is 1. The second kappa shape index (κ2) is 4.85. The summed E-state index contributed by atoms with van der Waals surface area (Å²) in [4.78, 5) is 25.4. The maximum atomic E-state index is 12.2. The third-order valence-electron chi connectivity index (χ3n) is 2.85. The molecule has 0 aromatic carbocycles. The van der Waals surface area contributed by atoms with E-state index in [0.717, 1.165) is 5.56 Å². The monoisotopic (exact) mass is 254 g/mol. The Bertz CT molecular complexity index is 444. The first-order valence-electron chi connectivity index (χ1n) is 5.40. The molecule has 2 heterocycles. The molecule has 2 N–H and O–H groups in total. The Morgan fingerprint density at radius 1 is 1.59 bits per heavy atom. The fourth-order valence-electron chi connectivity index (χ4n) is 1.89. The van der Waals surface area contributed by atoms with Crippen molar-refractivity contribution >= 4 is 23.2 Å². The predicted octanol–water partition coefficient (Wildman–Crippen LogP) is 0.555. The van der Waals surface area contributed by atoms with Crippen LogP contribution in [0.5, 0.6) is 0 Å². The van der Waals surface area contributed by atoms with Gasteiger partial charge in [0.2, 0.25) is 0 Å². The molecule has 5 nitrogen and oxygen atoms in total. The van der Waals surface area contributed by atoms with Gasteiger partial charge in [-0.3, -0.25) is 4.79 Å². The molecule has 0 bridgehead atoms. The molecule has 1 amide bonds. The summed E-state index contributed by atoms with van der Waals surface area (Å²) < 4.78 is 0. The van der Waals surface area contributed by atoms with E-state index in [1.807, 2.05) is 18.4 Å². The van der Waals surface area contributed by atoms with Gasteiger partial charge in [-0.15, -0.1) is 11.3 Å². The normalized spacial score (nSPS) is 20.3. The third-order valence-corrected chi connectivity index (χ3v) is 3.85. The summed E-state index contributed by atoms with van der Waals surface area (Å²) in [5, 5.41) is 13.9. The standard InChI is InChI=1S/C11H14N2O3S/c1-7-2-5-17-9(7)10(14)13-4-3-12-6-8(13)11(15)16/h2,5,8,12H,3-4,6H2,1H3,(H,15,16)/t8-/m1/s1. The first kappa shape index (κ1) is 12.1. The number of hydrogen-bond acceptors (Lipinski definition) is 4. The first-order chi connectivity index (χ1) is 8.11. The lowest BCUT2D eigenvalue weighted by Crippen LogP contribution is -2.56. The van der Waals surface area contributed by atoms with Gasteiger partial charge in [-0.05, 0) is 23.9 Å².